The summed E-state index contributed by atoms with van der Waals surface area (Å²) in [5.41, 5.74) is 2.79. The first kappa shape index (κ1) is 23.5. The molecule has 1 fully saturated rings. The molecule has 1 heterocycles. The van der Waals surface area contributed by atoms with Crippen molar-refractivity contribution in [1.82, 2.24) is 15.3 Å². The monoisotopic (exact) mass is 473 g/mol. The summed E-state index contributed by atoms with van der Waals surface area (Å²) in [6, 6.07) is 8.41. The molecule has 0 atom stereocenters. The predicted octanol–water partition coefficient (Wildman–Crippen LogP) is 3.77. The Labute approximate surface area is 189 Å². The third kappa shape index (κ3) is 7.50. The van der Waals surface area contributed by atoms with Crippen LogP contribution in [0.4, 0.5) is 8.78 Å². The van der Waals surface area contributed by atoms with E-state index in [-0.39, 0.29) is 28.3 Å². The minimum Gasteiger partial charge on any atom is -0.493 e. The molecule has 0 saturated carbocycles. The summed E-state index contributed by atoms with van der Waals surface area (Å²) in [5.74, 6) is -0.708. The van der Waals surface area contributed by atoms with Gasteiger partial charge in [-0.15, -0.1) is 0 Å². The van der Waals surface area contributed by atoms with Crippen molar-refractivity contribution in [1.29, 1.82) is 0 Å². The average molecular weight is 474 g/mol. The molecular formula is C21H23Cl2F2N3O3. The number of piperazine rings is 1. The second-order valence-corrected chi connectivity index (χ2v) is 7.82. The lowest BCUT2D eigenvalue weighted by atomic mass is 10.3. The highest BCUT2D eigenvalue weighted by molar-refractivity contribution is 6.31. The lowest BCUT2D eigenvalue weighted by Gasteiger charge is -2.34. The first-order valence-electron chi connectivity index (χ1n) is 9.83. The number of rotatable bonds is 9. The minimum atomic E-state index is -0.596. The molecule has 2 aromatic carbocycles. The predicted molar refractivity (Wildman–Crippen MR) is 115 cm³/mol. The van der Waals surface area contributed by atoms with E-state index < -0.39 is 11.6 Å². The van der Waals surface area contributed by atoms with Crippen molar-refractivity contribution < 1.29 is 23.0 Å². The molecule has 0 radical (unpaired) electrons. The summed E-state index contributed by atoms with van der Waals surface area (Å²) < 4.78 is 37.6. The van der Waals surface area contributed by atoms with Crippen LogP contribution in [-0.2, 0) is 4.79 Å². The number of carbonyl (C=O) groups excluding carboxylic acids is 1. The van der Waals surface area contributed by atoms with Gasteiger partial charge in [0.1, 0.15) is 23.1 Å². The molecule has 0 bridgehead atoms. The van der Waals surface area contributed by atoms with Gasteiger partial charge in [0.25, 0.3) is 5.91 Å². The second-order valence-electron chi connectivity index (χ2n) is 7.01. The van der Waals surface area contributed by atoms with Crippen LogP contribution in [0, 0.1) is 11.6 Å². The Morgan fingerprint density at radius 3 is 2.10 bits per heavy atom. The Kier molecular flexibility index (Phi) is 8.71. The molecule has 1 N–H and O–H groups in total. The van der Waals surface area contributed by atoms with E-state index in [1.807, 2.05) is 5.01 Å². The van der Waals surface area contributed by atoms with E-state index in [0.717, 1.165) is 32.1 Å². The largest absolute Gasteiger partial charge is 0.493 e. The summed E-state index contributed by atoms with van der Waals surface area (Å²) in [5, 5.41) is 1.90. The number of carbonyl (C=O) groups is 1. The molecule has 0 aromatic heterocycles. The van der Waals surface area contributed by atoms with E-state index in [4.69, 9.17) is 32.7 Å². The van der Waals surface area contributed by atoms with Crippen molar-refractivity contribution >= 4 is 29.1 Å². The molecule has 1 aliphatic heterocycles. The lowest BCUT2D eigenvalue weighted by molar-refractivity contribution is -0.128. The van der Waals surface area contributed by atoms with Crippen molar-refractivity contribution in [3.63, 3.8) is 0 Å². The van der Waals surface area contributed by atoms with Gasteiger partial charge in [0.2, 0.25) is 0 Å². The van der Waals surface area contributed by atoms with E-state index in [1.54, 1.807) is 6.07 Å². The number of hydrogen-bond donors (Lipinski definition) is 1. The zero-order valence-corrected chi connectivity index (χ0v) is 18.3. The van der Waals surface area contributed by atoms with Gasteiger partial charge in [-0.2, -0.15) is 0 Å². The summed E-state index contributed by atoms with van der Waals surface area (Å²) in [6.45, 7) is 4.01. The zero-order valence-electron chi connectivity index (χ0n) is 16.8. The maximum Gasteiger partial charge on any atom is 0.272 e. The topological polar surface area (TPSA) is 54.0 Å². The molecular weight excluding hydrogens is 451 g/mol. The van der Waals surface area contributed by atoms with Crippen LogP contribution in [-0.4, -0.2) is 61.8 Å². The fourth-order valence-electron chi connectivity index (χ4n) is 3.05. The van der Waals surface area contributed by atoms with Gasteiger partial charge >= 0.3 is 0 Å². The normalized spacial score (nSPS) is 15.0. The van der Waals surface area contributed by atoms with Crippen molar-refractivity contribution in [3.05, 3.63) is 58.1 Å². The SMILES string of the molecule is O=C(COc1ccc(Cl)c(F)c1)NN1CCN(CCCOc2ccc(Cl)c(F)c2)CC1. The van der Waals surface area contributed by atoms with Gasteiger partial charge in [-0.1, -0.05) is 23.2 Å². The third-order valence-corrected chi connectivity index (χ3v) is 5.31. The Hall–Kier alpha value is -2.13. The number of ether oxygens (including phenoxy) is 2. The third-order valence-electron chi connectivity index (χ3n) is 4.69. The minimum absolute atomic E-state index is 0.000103. The number of amides is 1. The van der Waals surface area contributed by atoms with E-state index in [2.05, 4.69) is 10.3 Å². The maximum absolute atomic E-state index is 13.4. The highest BCUT2D eigenvalue weighted by Crippen LogP contribution is 2.21. The number of halogens is 4. The van der Waals surface area contributed by atoms with Gasteiger partial charge in [-0.25, -0.2) is 13.8 Å². The van der Waals surface area contributed by atoms with Crippen LogP contribution in [0.3, 0.4) is 0 Å². The Bertz CT molecular complexity index is 896. The van der Waals surface area contributed by atoms with Crippen LogP contribution in [0.25, 0.3) is 0 Å². The molecule has 0 aliphatic carbocycles. The van der Waals surface area contributed by atoms with Gasteiger partial charge in [-0.3, -0.25) is 10.2 Å². The van der Waals surface area contributed by atoms with E-state index in [1.165, 1.54) is 24.3 Å². The first-order chi connectivity index (χ1) is 14.9. The standard InChI is InChI=1S/C21H23Cl2F2N3O3/c22-17-4-2-15(12-19(17)24)30-11-1-6-27-7-9-28(10-8-27)26-21(29)14-31-16-3-5-18(23)20(25)13-16/h2-5,12-13H,1,6-11,14H2,(H,26,29). The number of nitrogens with one attached hydrogen (secondary N) is 1. The zero-order chi connectivity index (χ0) is 22.2. The molecule has 1 aliphatic rings. The lowest BCUT2D eigenvalue weighted by Crippen LogP contribution is -2.54. The van der Waals surface area contributed by atoms with Crippen LogP contribution in [0.2, 0.25) is 10.0 Å². The maximum atomic E-state index is 13.4. The summed E-state index contributed by atoms with van der Waals surface area (Å²) in [4.78, 5) is 14.3. The van der Waals surface area contributed by atoms with Crippen LogP contribution >= 0.6 is 23.2 Å². The molecule has 6 nitrogen and oxygen atoms in total. The molecule has 0 unspecified atom stereocenters. The van der Waals surface area contributed by atoms with Gasteiger partial charge < -0.3 is 14.4 Å². The van der Waals surface area contributed by atoms with E-state index in [9.17, 15) is 13.6 Å². The highest BCUT2D eigenvalue weighted by atomic mass is 35.5. The Morgan fingerprint density at radius 1 is 0.935 bits per heavy atom. The number of hydrazine groups is 1. The Balaban J connectivity index is 1.28. The summed E-state index contributed by atoms with van der Waals surface area (Å²) in [7, 11) is 0. The molecule has 1 saturated heterocycles. The van der Waals surface area contributed by atoms with Gasteiger partial charge in [-0.05, 0) is 30.7 Å². The summed E-state index contributed by atoms with van der Waals surface area (Å²) >= 11 is 11.3. The highest BCUT2D eigenvalue weighted by Gasteiger charge is 2.18. The van der Waals surface area contributed by atoms with Gasteiger partial charge in [0.05, 0.1) is 16.7 Å². The van der Waals surface area contributed by atoms with Crippen LogP contribution in [0.1, 0.15) is 6.42 Å². The van der Waals surface area contributed by atoms with Crippen LogP contribution < -0.4 is 14.9 Å². The Morgan fingerprint density at radius 2 is 1.52 bits per heavy atom. The van der Waals surface area contributed by atoms with Crippen molar-refractivity contribution in [3.8, 4) is 11.5 Å². The molecule has 31 heavy (non-hydrogen) atoms. The average Bonchev–Trinajstić information content (AvgIpc) is 2.75. The molecule has 2 aromatic rings. The van der Waals surface area contributed by atoms with Crippen molar-refractivity contribution in [2.45, 2.75) is 6.42 Å². The number of nitrogens with zero attached hydrogens (tertiary/aromatic N) is 2. The van der Waals surface area contributed by atoms with E-state index in [0.29, 0.717) is 25.4 Å². The van der Waals surface area contributed by atoms with Crippen LogP contribution in [0.15, 0.2) is 36.4 Å². The molecule has 0 spiro atoms. The number of hydrogen-bond acceptors (Lipinski definition) is 5. The fourth-order valence-corrected chi connectivity index (χ4v) is 3.29. The van der Waals surface area contributed by atoms with Gasteiger partial charge in [0.15, 0.2) is 6.61 Å². The quantitative estimate of drug-likeness (QED) is 0.561. The molecule has 168 valence electrons. The fraction of sp³-hybridized carbons (Fsp3) is 0.381. The smallest absolute Gasteiger partial charge is 0.272 e. The number of benzene rings is 2. The van der Waals surface area contributed by atoms with Gasteiger partial charge in [0, 0.05) is 44.9 Å². The molecule has 1 amide bonds. The first-order valence-corrected chi connectivity index (χ1v) is 10.6. The van der Waals surface area contributed by atoms with E-state index >= 15 is 0 Å². The second kappa shape index (κ2) is 11.5. The van der Waals surface area contributed by atoms with Crippen molar-refractivity contribution in [2.75, 3.05) is 45.9 Å². The molecule has 10 heteroatoms. The molecule has 3 rings (SSSR count). The summed E-state index contributed by atoms with van der Waals surface area (Å²) in [6.07, 6.45) is 0.794. The van der Waals surface area contributed by atoms with Crippen LogP contribution in [0.5, 0.6) is 11.5 Å². The van der Waals surface area contributed by atoms with Crippen molar-refractivity contribution in [2.24, 2.45) is 0 Å².